The number of hydrogen-bond acceptors (Lipinski definition) is 3. The summed E-state index contributed by atoms with van der Waals surface area (Å²) < 4.78 is 49.2. The topological polar surface area (TPSA) is 42.2 Å². The van der Waals surface area contributed by atoms with Crippen molar-refractivity contribution in [1.29, 1.82) is 5.26 Å². The van der Waals surface area contributed by atoms with Gasteiger partial charge in [0.1, 0.15) is 17.6 Å². The van der Waals surface area contributed by atoms with E-state index in [2.05, 4.69) is 0 Å². The van der Waals surface area contributed by atoms with Crippen LogP contribution in [0.25, 0.3) is 0 Å². The first-order valence-corrected chi connectivity index (χ1v) is 6.86. The Labute approximate surface area is 130 Å². The summed E-state index contributed by atoms with van der Waals surface area (Å²) in [4.78, 5) is 0. The van der Waals surface area contributed by atoms with Gasteiger partial charge in [-0.25, -0.2) is 0 Å². The van der Waals surface area contributed by atoms with Gasteiger partial charge in [0, 0.05) is 6.42 Å². The van der Waals surface area contributed by atoms with Crippen molar-refractivity contribution in [3.8, 4) is 17.6 Å². The van der Waals surface area contributed by atoms with E-state index in [0.717, 1.165) is 12.1 Å². The number of rotatable bonds is 2. The second-order valence-corrected chi connectivity index (χ2v) is 5.24. The fourth-order valence-corrected chi connectivity index (χ4v) is 2.60. The maximum absolute atomic E-state index is 12.8. The number of ether oxygens (including phenoxy) is 2. The number of nitrogens with zero attached hydrogens (tertiary/aromatic N) is 1. The molecule has 1 atom stereocenters. The van der Waals surface area contributed by atoms with Gasteiger partial charge in [0.2, 0.25) is 0 Å². The summed E-state index contributed by atoms with van der Waals surface area (Å²) in [6, 6.07) is 10.5. The Morgan fingerprint density at radius 2 is 2.00 bits per heavy atom. The molecule has 1 heterocycles. The Hall–Kier alpha value is -2.68. The molecule has 6 heteroatoms. The van der Waals surface area contributed by atoms with Gasteiger partial charge < -0.3 is 9.47 Å². The van der Waals surface area contributed by atoms with Gasteiger partial charge >= 0.3 is 6.18 Å². The molecule has 23 heavy (non-hydrogen) atoms. The standard InChI is InChI=1S/C17H12F3NO2/c1-22-14-5-10(9-21)4-11(7-14)16-8-12-6-13(17(18,19)20)2-3-15(12)23-16/h2-7,16H,8H2,1H3. The fraction of sp³-hybridized carbons (Fsp3) is 0.235. The lowest BCUT2D eigenvalue weighted by atomic mass is 10.0. The van der Waals surface area contributed by atoms with E-state index < -0.39 is 17.8 Å². The second kappa shape index (κ2) is 5.51. The normalized spacial score (nSPS) is 16.4. The third kappa shape index (κ3) is 2.95. The number of alkyl halides is 3. The minimum atomic E-state index is -4.38. The van der Waals surface area contributed by atoms with Crippen LogP contribution in [0.3, 0.4) is 0 Å². The van der Waals surface area contributed by atoms with Crippen molar-refractivity contribution >= 4 is 0 Å². The molecule has 0 N–H and O–H groups in total. The Morgan fingerprint density at radius 3 is 2.65 bits per heavy atom. The van der Waals surface area contributed by atoms with E-state index >= 15 is 0 Å². The zero-order chi connectivity index (χ0) is 16.6. The van der Waals surface area contributed by atoms with E-state index in [1.165, 1.54) is 13.2 Å². The van der Waals surface area contributed by atoms with E-state index in [0.29, 0.717) is 34.6 Å². The molecule has 0 bridgehead atoms. The van der Waals surface area contributed by atoms with Gasteiger partial charge in [-0.15, -0.1) is 0 Å². The van der Waals surface area contributed by atoms with Crippen LogP contribution in [0.1, 0.15) is 28.4 Å². The van der Waals surface area contributed by atoms with E-state index in [4.69, 9.17) is 14.7 Å². The molecule has 1 unspecified atom stereocenters. The Kier molecular flexibility index (Phi) is 3.64. The highest BCUT2D eigenvalue weighted by atomic mass is 19.4. The molecule has 0 saturated carbocycles. The molecule has 0 spiro atoms. The molecule has 2 aromatic rings. The average Bonchev–Trinajstić information content (AvgIpc) is 2.96. The van der Waals surface area contributed by atoms with Crippen molar-refractivity contribution in [3.05, 3.63) is 58.7 Å². The average molecular weight is 319 g/mol. The second-order valence-electron chi connectivity index (χ2n) is 5.24. The molecule has 0 aromatic heterocycles. The molecule has 0 amide bonds. The molecular formula is C17H12F3NO2. The lowest BCUT2D eigenvalue weighted by molar-refractivity contribution is -0.137. The first-order valence-electron chi connectivity index (χ1n) is 6.86. The Bertz CT molecular complexity index is 793. The minimum absolute atomic E-state index is 0.317. The highest BCUT2D eigenvalue weighted by Crippen LogP contribution is 2.40. The Balaban J connectivity index is 1.92. The summed E-state index contributed by atoms with van der Waals surface area (Å²) in [5, 5.41) is 9.05. The smallest absolute Gasteiger partial charge is 0.416 e. The summed E-state index contributed by atoms with van der Waals surface area (Å²) in [7, 11) is 1.49. The highest BCUT2D eigenvalue weighted by molar-refractivity contribution is 5.46. The predicted molar refractivity (Wildman–Crippen MR) is 76.2 cm³/mol. The number of halogens is 3. The summed E-state index contributed by atoms with van der Waals surface area (Å²) in [5.74, 6) is 0.943. The van der Waals surface area contributed by atoms with Crippen molar-refractivity contribution in [3.63, 3.8) is 0 Å². The zero-order valence-electron chi connectivity index (χ0n) is 12.1. The largest absolute Gasteiger partial charge is 0.497 e. The molecule has 0 aliphatic carbocycles. The highest BCUT2D eigenvalue weighted by Gasteiger charge is 2.33. The summed E-state index contributed by atoms with van der Waals surface area (Å²) in [6.45, 7) is 0. The number of fused-ring (bicyclic) bond motifs is 1. The van der Waals surface area contributed by atoms with Crippen LogP contribution in [0.4, 0.5) is 13.2 Å². The van der Waals surface area contributed by atoms with Crippen molar-refractivity contribution in [2.45, 2.75) is 18.7 Å². The van der Waals surface area contributed by atoms with Gasteiger partial charge in [-0.3, -0.25) is 0 Å². The molecule has 0 radical (unpaired) electrons. The molecule has 118 valence electrons. The van der Waals surface area contributed by atoms with E-state index in [1.54, 1.807) is 18.2 Å². The van der Waals surface area contributed by atoms with Gasteiger partial charge in [0.25, 0.3) is 0 Å². The molecule has 3 nitrogen and oxygen atoms in total. The summed E-state index contributed by atoms with van der Waals surface area (Å²) >= 11 is 0. The first kappa shape index (κ1) is 15.2. The van der Waals surface area contributed by atoms with Crippen molar-refractivity contribution < 1.29 is 22.6 Å². The van der Waals surface area contributed by atoms with Gasteiger partial charge in [0.15, 0.2) is 0 Å². The van der Waals surface area contributed by atoms with Gasteiger partial charge in [-0.1, -0.05) is 0 Å². The number of nitriles is 1. The monoisotopic (exact) mass is 319 g/mol. The van der Waals surface area contributed by atoms with Crippen molar-refractivity contribution in [2.24, 2.45) is 0 Å². The van der Waals surface area contributed by atoms with E-state index in [9.17, 15) is 13.2 Å². The van der Waals surface area contributed by atoms with E-state index in [1.807, 2.05) is 6.07 Å². The maximum atomic E-state index is 12.8. The number of hydrogen-bond donors (Lipinski definition) is 0. The third-order valence-corrected chi connectivity index (χ3v) is 3.73. The van der Waals surface area contributed by atoms with Gasteiger partial charge in [-0.05, 0) is 47.5 Å². The van der Waals surface area contributed by atoms with Crippen molar-refractivity contribution in [2.75, 3.05) is 7.11 Å². The van der Waals surface area contributed by atoms with Crippen LogP contribution in [-0.2, 0) is 12.6 Å². The molecule has 3 rings (SSSR count). The van der Waals surface area contributed by atoms with Gasteiger partial charge in [-0.2, -0.15) is 18.4 Å². The van der Waals surface area contributed by atoms with Crippen LogP contribution in [-0.4, -0.2) is 7.11 Å². The summed E-state index contributed by atoms with van der Waals surface area (Å²) in [5.41, 5.74) is 0.926. The lowest BCUT2D eigenvalue weighted by Crippen LogP contribution is -2.05. The van der Waals surface area contributed by atoms with Crippen LogP contribution < -0.4 is 9.47 Å². The fourth-order valence-electron chi connectivity index (χ4n) is 2.60. The van der Waals surface area contributed by atoms with Gasteiger partial charge in [0.05, 0.1) is 24.3 Å². The molecule has 1 aliphatic heterocycles. The zero-order valence-corrected chi connectivity index (χ0v) is 12.1. The van der Waals surface area contributed by atoms with Crippen LogP contribution in [0.15, 0.2) is 36.4 Å². The predicted octanol–water partition coefficient (Wildman–Crippen LogP) is 4.26. The number of benzene rings is 2. The molecule has 0 fully saturated rings. The Morgan fingerprint density at radius 1 is 1.22 bits per heavy atom. The quantitative estimate of drug-likeness (QED) is 0.830. The van der Waals surface area contributed by atoms with Crippen LogP contribution in [0, 0.1) is 11.3 Å². The van der Waals surface area contributed by atoms with E-state index in [-0.39, 0.29) is 0 Å². The molecule has 0 saturated heterocycles. The maximum Gasteiger partial charge on any atom is 0.416 e. The summed E-state index contributed by atoms with van der Waals surface area (Å²) in [6.07, 6.45) is -4.50. The molecular weight excluding hydrogens is 307 g/mol. The van der Waals surface area contributed by atoms with Crippen LogP contribution in [0.2, 0.25) is 0 Å². The SMILES string of the molecule is COc1cc(C#N)cc(C2Cc3cc(C(F)(F)F)ccc3O2)c1. The third-order valence-electron chi connectivity index (χ3n) is 3.73. The minimum Gasteiger partial charge on any atom is -0.497 e. The van der Waals surface area contributed by atoms with Crippen LogP contribution >= 0.6 is 0 Å². The van der Waals surface area contributed by atoms with Crippen molar-refractivity contribution in [1.82, 2.24) is 0 Å². The first-order chi connectivity index (χ1) is 10.9. The molecule has 2 aromatic carbocycles. The lowest BCUT2D eigenvalue weighted by Gasteiger charge is -2.12. The molecule has 1 aliphatic rings. The number of methoxy groups -OCH3 is 1. The van der Waals surface area contributed by atoms with Crippen LogP contribution in [0.5, 0.6) is 11.5 Å².